The lowest BCUT2D eigenvalue weighted by atomic mass is 10.0. The minimum Gasteiger partial charge on any atom is -0.337 e. The van der Waals surface area contributed by atoms with Crippen LogP contribution in [0.2, 0.25) is 0 Å². The standard InChI is InChI=1S/C21H23F3N6O/c22-21(23,24)18-17-16(8-9-25-19(17)29-28-18)14-4-6-15(7-5-14)27-20(31)26-10-13-30-11-2-1-3-12-30/h4-9H,1-3,10-13H2,(H,25,28,29)(H2,26,27,31). The van der Waals surface area contributed by atoms with Crippen molar-refractivity contribution in [3.63, 3.8) is 0 Å². The second-order valence-electron chi connectivity index (χ2n) is 7.51. The van der Waals surface area contributed by atoms with Crippen molar-refractivity contribution in [1.82, 2.24) is 25.4 Å². The van der Waals surface area contributed by atoms with E-state index in [0.717, 1.165) is 19.6 Å². The molecule has 10 heteroatoms. The van der Waals surface area contributed by atoms with Gasteiger partial charge in [-0.15, -0.1) is 0 Å². The van der Waals surface area contributed by atoms with Gasteiger partial charge in [0.2, 0.25) is 0 Å². The molecule has 3 N–H and O–H groups in total. The number of hydrogen-bond donors (Lipinski definition) is 3. The molecule has 0 bridgehead atoms. The van der Waals surface area contributed by atoms with Crippen LogP contribution in [0.25, 0.3) is 22.2 Å². The largest absolute Gasteiger partial charge is 0.433 e. The quantitative estimate of drug-likeness (QED) is 0.563. The fourth-order valence-corrected chi connectivity index (χ4v) is 3.81. The van der Waals surface area contributed by atoms with E-state index < -0.39 is 11.9 Å². The lowest BCUT2D eigenvalue weighted by Crippen LogP contribution is -2.39. The minimum absolute atomic E-state index is 0.000102. The maximum Gasteiger partial charge on any atom is 0.433 e. The number of carbonyl (C=O) groups is 1. The Kier molecular flexibility index (Phi) is 6.08. The van der Waals surface area contributed by atoms with E-state index in [2.05, 4.69) is 25.6 Å². The van der Waals surface area contributed by atoms with Gasteiger partial charge in [-0.2, -0.15) is 18.3 Å². The summed E-state index contributed by atoms with van der Waals surface area (Å²) in [7, 11) is 0. The van der Waals surface area contributed by atoms with E-state index in [4.69, 9.17) is 0 Å². The number of amides is 2. The third-order valence-corrected chi connectivity index (χ3v) is 5.35. The van der Waals surface area contributed by atoms with E-state index in [1.54, 1.807) is 24.3 Å². The zero-order valence-corrected chi connectivity index (χ0v) is 16.8. The summed E-state index contributed by atoms with van der Waals surface area (Å²) in [6, 6.07) is 7.82. The van der Waals surface area contributed by atoms with E-state index in [1.807, 2.05) is 5.10 Å². The van der Waals surface area contributed by atoms with Crippen LogP contribution in [0.1, 0.15) is 25.0 Å². The molecule has 0 atom stereocenters. The summed E-state index contributed by atoms with van der Waals surface area (Å²) in [6.07, 6.45) is 0.516. The highest BCUT2D eigenvalue weighted by Crippen LogP contribution is 2.37. The summed E-state index contributed by atoms with van der Waals surface area (Å²) in [6.45, 7) is 3.51. The van der Waals surface area contributed by atoms with E-state index in [-0.39, 0.29) is 17.1 Å². The Morgan fingerprint density at radius 3 is 2.55 bits per heavy atom. The number of anilines is 1. The molecule has 2 aromatic heterocycles. The molecule has 4 rings (SSSR count). The predicted molar refractivity (Wildman–Crippen MR) is 112 cm³/mol. The third kappa shape index (κ3) is 4.96. The van der Waals surface area contributed by atoms with Gasteiger partial charge in [-0.05, 0) is 55.3 Å². The van der Waals surface area contributed by atoms with Crippen LogP contribution in [0, 0.1) is 0 Å². The molecular weight excluding hydrogens is 409 g/mol. The van der Waals surface area contributed by atoms with Crippen LogP contribution in [0.3, 0.4) is 0 Å². The van der Waals surface area contributed by atoms with Crippen LogP contribution in [0.15, 0.2) is 36.5 Å². The Balaban J connectivity index is 1.41. The van der Waals surface area contributed by atoms with Gasteiger partial charge < -0.3 is 15.5 Å². The van der Waals surface area contributed by atoms with Crippen molar-refractivity contribution in [2.45, 2.75) is 25.4 Å². The summed E-state index contributed by atoms with van der Waals surface area (Å²) in [5.74, 6) is 0. The molecule has 3 heterocycles. The number of aromatic nitrogens is 3. The van der Waals surface area contributed by atoms with Gasteiger partial charge in [0.05, 0.1) is 5.39 Å². The molecule has 0 aliphatic carbocycles. The van der Waals surface area contributed by atoms with Crippen molar-refractivity contribution in [1.29, 1.82) is 0 Å². The lowest BCUT2D eigenvalue weighted by molar-refractivity contribution is -0.139. The van der Waals surface area contributed by atoms with Crippen LogP contribution >= 0.6 is 0 Å². The zero-order valence-electron chi connectivity index (χ0n) is 16.8. The molecule has 0 unspecified atom stereocenters. The summed E-state index contributed by atoms with van der Waals surface area (Å²) >= 11 is 0. The Morgan fingerprint density at radius 1 is 1.10 bits per heavy atom. The average molecular weight is 432 g/mol. The number of nitrogens with zero attached hydrogens (tertiary/aromatic N) is 3. The van der Waals surface area contributed by atoms with Gasteiger partial charge in [0.25, 0.3) is 0 Å². The summed E-state index contributed by atoms with van der Waals surface area (Å²) in [5, 5.41) is 11.2. The first-order valence-electron chi connectivity index (χ1n) is 10.2. The Bertz CT molecular complexity index is 1040. The van der Waals surface area contributed by atoms with Gasteiger partial charge >= 0.3 is 12.2 Å². The number of benzene rings is 1. The molecule has 1 aliphatic rings. The summed E-state index contributed by atoms with van der Waals surface area (Å²) in [5.41, 5.74) is 0.549. The molecular formula is C21H23F3N6O. The van der Waals surface area contributed by atoms with Crippen LogP contribution in [0.4, 0.5) is 23.7 Å². The maximum atomic E-state index is 13.3. The number of alkyl halides is 3. The van der Waals surface area contributed by atoms with E-state index in [0.29, 0.717) is 23.4 Å². The van der Waals surface area contributed by atoms with Gasteiger partial charge in [-0.3, -0.25) is 5.10 Å². The number of carbonyl (C=O) groups excluding carboxylic acids is 1. The van der Waals surface area contributed by atoms with Gasteiger partial charge in [0, 0.05) is 25.0 Å². The van der Waals surface area contributed by atoms with Gasteiger partial charge in [-0.1, -0.05) is 18.6 Å². The van der Waals surface area contributed by atoms with Crippen molar-refractivity contribution in [3.8, 4) is 11.1 Å². The fraction of sp³-hybridized carbons (Fsp3) is 0.381. The number of H-pyrrole nitrogens is 1. The number of pyridine rings is 1. The van der Waals surface area contributed by atoms with Crippen LogP contribution in [-0.4, -0.2) is 52.3 Å². The number of likely N-dealkylation sites (tertiary alicyclic amines) is 1. The van der Waals surface area contributed by atoms with Crippen molar-refractivity contribution >= 4 is 22.8 Å². The van der Waals surface area contributed by atoms with Gasteiger partial charge in [0.15, 0.2) is 5.65 Å². The van der Waals surface area contributed by atoms with Crippen molar-refractivity contribution < 1.29 is 18.0 Å². The first kappa shape index (κ1) is 21.1. The molecule has 0 saturated carbocycles. The number of halogens is 3. The van der Waals surface area contributed by atoms with Crippen LogP contribution in [-0.2, 0) is 6.18 Å². The van der Waals surface area contributed by atoms with Crippen molar-refractivity contribution in [2.24, 2.45) is 0 Å². The highest BCUT2D eigenvalue weighted by Gasteiger charge is 2.36. The molecule has 7 nitrogen and oxygen atoms in total. The predicted octanol–water partition coefficient (Wildman–Crippen LogP) is 4.25. The Morgan fingerprint density at radius 2 is 1.84 bits per heavy atom. The summed E-state index contributed by atoms with van der Waals surface area (Å²) in [4.78, 5) is 18.4. The van der Waals surface area contributed by atoms with Crippen LogP contribution < -0.4 is 10.6 Å². The molecule has 1 aromatic carbocycles. The second kappa shape index (κ2) is 8.93. The van der Waals surface area contributed by atoms with Crippen molar-refractivity contribution in [3.05, 3.63) is 42.2 Å². The number of hydrogen-bond acceptors (Lipinski definition) is 4. The van der Waals surface area contributed by atoms with Crippen molar-refractivity contribution in [2.75, 3.05) is 31.5 Å². The molecule has 0 radical (unpaired) electrons. The fourth-order valence-electron chi connectivity index (χ4n) is 3.81. The molecule has 3 aromatic rings. The number of nitrogens with one attached hydrogen (secondary N) is 3. The highest BCUT2D eigenvalue weighted by atomic mass is 19.4. The normalized spacial score (nSPS) is 15.2. The molecule has 1 fully saturated rings. The topological polar surface area (TPSA) is 85.9 Å². The molecule has 1 saturated heterocycles. The smallest absolute Gasteiger partial charge is 0.337 e. The molecule has 164 valence electrons. The number of rotatable bonds is 5. The van der Waals surface area contributed by atoms with Crippen LogP contribution in [0.5, 0.6) is 0 Å². The molecule has 31 heavy (non-hydrogen) atoms. The Hall–Kier alpha value is -3.14. The molecule has 2 amide bonds. The highest BCUT2D eigenvalue weighted by molar-refractivity contribution is 5.95. The monoisotopic (exact) mass is 432 g/mol. The Labute approximate surface area is 177 Å². The number of aromatic amines is 1. The lowest BCUT2D eigenvalue weighted by Gasteiger charge is -2.26. The molecule has 0 spiro atoms. The zero-order chi connectivity index (χ0) is 21.8. The van der Waals surface area contributed by atoms with E-state index in [1.165, 1.54) is 31.5 Å². The number of fused-ring (bicyclic) bond motifs is 1. The van der Waals surface area contributed by atoms with Gasteiger partial charge in [-0.25, -0.2) is 9.78 Å². The SMILES string of the molecule is O=C(NCCN1CCCCC1)Nc1ccc(-c2ccnc3n[nH]c(C(F)(F)F)c23)cc1. The minimum atomic E-state index is -4.57. The maximum absolute atomic E-state index is 13.3. The first-order valence-corrected chi connectivity index (χ1v) is 10.2. The molecule has 1 aliphatic heterocycles. The number of piperidine rings is 1. The average Bonchev–Trinajstić information content (AvgIpc) is 3.20. The summed E-state index contributed by atoms with van der Waals surface area (Å²) < 4.78 is 40.0. The number of urea groups is 1. The third-order valence-electron chi connectivity index (χ3n) is 5.35. The van der Waals surface area contributed by atoms with E-state index in [9.17, 15) is 18.0 Å². The van der Waals surface area contributed by atoms with E-state index >= 15 is 0 Å². The first-order chi connectivity index (χ1) is 14.9. The van der Waals surface area contributed by atoms with Gasteiger partial charge in [0.1, 0.15) is 5.69 Å². The second-order valence-corrected chi connectivity index (χ2v) is 7.51.